The van der Waals surface area contributed by atoms with Gasteiger partial charge in [-0.05, 0) is 30.7 Å². The number of amides is 1. The SMILES string of the molecule is COCC(=O)N1CCc2nc(C(C)C)nc(-c3ccc(OC)cc3)c2CC1. The maximum absolute atomic E-state index is 12.3. The molecule has 1 aliphatic heterocycles. The maximum atomic E-state index is 12.3. The van der Waals surface area contributed by atoms with E-state index >= 15 is 0 Å². The van der Waals surface area contributed by atoms with E-state index in [-0.39, 0.29) is 18.4 Å². The smallest absolute Gasteiger partial charge is 0.248 e. The highest BCUT2D eigenvalue weighted by Gasteiger charge is 2.23. The number of hydrogen-bond donors (Lipinski definition) is 0. The van der Waals surface area contributed by atoms with Gasteiger partial charge < -0.3 is 14.4 Å². The molecule has 0 radical (unpaired) electrons. The van der Waals surface area contributed by atoms with E-state index in [1.165, 1.54) is 0 Å². The molecule has 0 N–H and O–H groups in total. The van der Waals surface area contributed by atoms with Crippen LogP contribution in [0.1, 0.15) is 36.8 Å². The highest BCUT2D eigenvalue weighted by Crippen LogP contribution is 2.29. The van der Waals surface area contributed by atoms with Crippen LogP contribution in [0.2, 0.25) is 0 Å². The zero-order valence-corrected chi connectivity index (χ0v) is 16.5. The van der Waals surface area contributed by atoms with Crippen molar-refractivity contribution in [2.45, 2.75) is 32.6 Å². The maximum Gasteiger partial charge on any atom is 0.248 e. The summed E-state index contributed by atoms with van der Waals surface area (Å²) < 4.78 is 10.3. The standard InChI is InChI=1S/C21H27N3O3/c1-14(2)21-22-18-10-12-24(19(25)13-26-3)11-9-17(18)20(23-21)15-5-7-16(27-4)8-6-15/h5-8,14H,9-13H2,1-4H3. The van der Waals surface area contributed by atoms with Gasteiger partial charge in [0.25, 0.3) is 0 Å². The van der Waals surface area contributed by atoms with Gasteiger partial charge >= 0.3 is 0 Å². The Morgan fingerprint density at radius 2 is 1.81 bits per heavy atom. The summed E-state index contributed by atoms with van der Waals surface area (Å²) in [5, 5.41) is 0. The lowest BCUT2D eigenvalue weighted by atomic mass is 10.00. The molecule has 0 atom stereocenters. The van der Waals surface area contributed by atoms with Gasteiger partial charge in [-0.15, -0.1) is 0 Å². The Labute approximate surface area is 160 Å². The molecule has 144 valence electrons. The zero-order valence-electron chi connectivity index (χ0n) is 16.5. The molecule has 0 bridgehead atoms. The summed E-state index contributed by atoms with van der Waals surface area (Å²) >= 11 is 0. The summed E-state index contributed by atoms with van der Waals surface area (Å²) in [7, 11) is 3.21. The number of rotatable bonds is 5. The molecule has 0 aliphatic carbocycles. The quantitative estimate of drug-likeness (QED) is 0.811. The monoisotopic (exact) mass is 369 g/mol. The van der Waals surface area contributed by atoms with Gasteiger partial charge in [-0.2, -0.15) is 0 Å². The third-order valence-corrected chi connectivity index (χ3v) is 4.86. The molecular weight excluding hydrogens is 342 g/mol. The molecule has 1 amide bonds. The number of hydrogen-bond acceptors (Lipinski definition) is 5. The molecule has 2 heterocycles. The molecule has 6 heteroatoms. The highest BCUT2D eigenvalue weighted by atomic mass is 16.5. The number of aromatic nitrogens is 2. The van der Waals surface area contributed by atoms with Gasteiger partial charge in [0.15, 0.2) is 0 Å². The average Bonchev–Trinajstić information content (AvgIpc) is 2.90. The van der Waals surface area contributed by atoms with Crippen LogP contribution in [0.25, 0.3) is 11.3 Å². The van der Waals surface area contributed by atoms with Gasteiger partial charge in [0.05, 0.1) is 12.8 Å². The lowest BCUT2D eigenvalue weighted by Crippen LogP contribution is -2.35. The van der Waals surface area contributed by atoms with Crippen molar-refractivity contribution in [1.82, 2.24) is 14.9 Å². The Hall–Kier alpha value is -2.47. The van der Waals surface area contributed by atoms with Crippen LogP contribution < -0.4 is 4.74 Å². The van der Waals surface area contributed by atoms with Gasteiger partial charge in [-0.25, -0.2) is 9.97 Å². The number of carbonyl (C=O) groups is 1. The van der Waals surface area contributed by atoms with E-state index in [4.69, 9.17) is 19.4 Å². The number of nitrogens with zero attached hydrogens (tertiary/aromatic N) is 3. The fourth-order valence-electron chi connectivity index (χ4n) is 3.33. The minimum Gasteiger partial charge on any atom is -0.497 e. The molecule has 3 rings (SSSR count). The molecule has 0 saturated carbocycles. The van der Waals surface area contributed by atoms with Gasteiger partial charge in [-0.3, -0.25) is 4.79 Å². The Morgan fingerprint density at radius 3 is 2.44 bits per heavy atom. The van der Waals surface area contributed by atoms with Gasteiger partial charge in [0.2, 0.25) is 5.91 Å². The minimum absolute atomic E-state index is 0.0216. The predicted octanol–water partition coefficient (Wildman–Crippen LogP) is 2.85. The Bertz CT molecular complexity index is 803. The second-order valence-electron chi connectivity index (χ2n) is 7.05. The summed E-state index contributed by atoms with van der Waals surface area (Å²) in [4.78, 5) is 23.8. The van der Waals surface area contributed by atoms with E-state index in [1.807, 2.05) is 29.2 Å². The van der Waals surface area contributed by atoms with Crippen LogP contribution in [0, 0.1) is 0 Å². The molecule has 1 aromatic carbocycles. The summed E-state index contributed by atoms with van der Waals surface area (Å²) in [5.74, 6) is 1.92. The van der Waals surface area contributed by atoms with E-state index < -0.39 is 0 Å². The second kappa shape index (κ2) is 8.48. The molecule has 27 heavy (non-hydrogen) atoms. The highest BCUT2D eigenvalue weighted by molar-refractivity contribution is 5.77. The number of carbonyl (C=O) groups excluding carboxylic acids is 1. The molecule has 2 aromatic rings. The molecule has 1 aliphatic rings. The second-order valence-corrected chi connectivity index (χ2v) is 7.05. The molecular formula is C21H27N3O3. The minimum atomic E-state index is 0.0216. The van der Waals surface area contributed by atoms with Crippen molar-refractivity contribution in [2.24, 2.45) is 0 Å². The largest absolute Gasteiger partial charge is 0.497 e. The predicted molar refractivity (Wildman–Crippen MR) is 104 cm³/mol. The Kier molecular flexibility index (Phi) is 6.06. The van der Waals surface area contributed by atoms with Crippen molar-refractivity contribution in [3.63, 3.8) is 0 Å². The van der Waals surface area contributed by atoms with Crippen molar-refractivity contribution in [2.75, 3.05) is 33.9 Å². The summed E-state index contributed by atoms with van der Waals surface area (Å²) in [6, 6.07) is 7.96. The van der Waals surface area contributed by atoms with Gasteiger partial charge in [-0.1, -0.05) is 13.8 Å². The normalized spacial score (nSPS) is 14.0. The lowest BCUT2D eigenvalue weighted by Gasteiger charge is -2.19. The van der Waals surface area contributed by atoms with Crippen LogP contribution in [0.5, 0.6) is 5.75 Å². The zero-order chi connectivity index (χ0) is 19.4. The van der Waals surface area contributed by atoms with Crippen LogP contribution in [0.15, 0.2) is 24.3 Å². The van der Waals surface area contributed by atoms with Crippen LogP contribution >= 0.6 is 0 Å². The van der Waals surface area contributed by atoms with Crippen LogP contribution in [-0.4, -0.2) is 54.7 Å². The summed E-state index contributed by atoms with van der Waals surface area (Å²) in [6.07, 6.45) is 1.47. The Balaban J connectivity index is 2.00. The lowest BCUT2D eigenvalue weighted by molar-refractivity contribution is -0.135. The first kappa shape index (κ1) is 19.3. The van der Waals surface area contributed by atoms with Crippen molar-refractivity contribution >= 4 is 5.91 Å². The molecule has 0 saturated heterocycles. The number of ether oxygens (including phenoxy) is 2. The van der Waals surface area contributed by atoms with Crippen LogP contribution in [-0.2, 0) is 22.4 Å². The fourth-order valence-corrected chi connectivity index (χ4v) is 3.33. The van der Waals surface area contributed by atoms with E-state index in [9.17, 15) is 4.79 Å². The van der Waals surface area contributed by atoms with E-state index in [1.54, 1.807) is 14.2 Å². The number of fused-ring (bicyclic) bond motifs is 1. The third-order valence-electron chi connectivity index (χ3n) is 4.86. The fraction of sp³-hybridized carbons (Fsp3) is 0.476. The molecule has 0 unspecified atom stereocenters. The van der Waals surface area contributed by atoms with Gasteiger partial charge in [0, 0.05) is 49.4 Å². The van der Waals surface area contributed by atoms with Crippen molar-refractivity contribution in [1.29, 1.82) is 0 Å². The summed E-state index contributed by atoms with van der Waals surface area (Å²) in [5.41, 5.74) is 4.20. The van der Waals surface area contributed by atoms with E-state index in [2.05, 4.69) is 13.8 Å². The van der Waals surface area contributed by atoms with Gasteiger partial charge in [0.1, 0.15) is 18.2 Å². The third kappa shape index (κ3) is 4.27. The number of benzene rings is 1. The average molecular weight is 369 g/mol. The van der Waals surface area contributed by atoms with E-state index in [0.29, 0.717) is 13.1 Å². The van der Waals surface area contributed by atoms with Crippen LogP contribution in [0.4, 0.5) is 0 Å². The van der Waals surface area contributed by atoms with Crippen LogP contribution in [0.3, 0.4) is 0 Å². The topological polar surface area (TPSA) is 64.5 Å². The molecule has 6 nitrogen and oxygen atoms in total. The van der Waals surface area contributed by atoms with Crippen molar-refractivity contribution in [3.05, 3.63) is 41.3 Å². The Morgan fingerprint density at radius 1 is 1.11 bits per heavy atom. The first-order chi connectivity index (χ1) is 13.0. The molecule has 1 aromatic heterocycles. The summed E-state index contributed by atoms with van der Waals surface area (Å²) in [6.45, 7) is 5.63. The van der Waals surface area contributed by atoms with Crippen molar-refractivity contribution < 1.29 is 14.3 Å². The van der Waals surface area contributed by atoms with Crippen molar-refractivity contribution in [3.8, 4) is 17.0 Å². The van der Waals surface area contributed by atoms with E-state index in [0.717, 1.165) is 46.9 Å². The molecule has 0 spiro atoms. The molecule has 0 fully saturated rings. The first-order valence-corrected chi connectivity index (χ1v) is 9.34. The first-order valence-electron chi connectivity index (χ1n) is 9.34. The number of methoxy groups -OCH3 is 2.